The Morgan fingerprint density at radius 1 is 0.615 bits per heavy atom. The predicted octanol–water partition coefficient (Wildman–Crippen LogP) is 7.21. The molecule has 0 N–H and O–H groups in total. The van der Waals surface area contributed by atoms with E-state index < -0.39 is 0 Å². The molecule has 0 spiro atoms. The molecule has 0 aliphatic heterocycles. The van der Waals surface area contributed by atoms with Gasteiger partial charge < -0.3 is 4.57 Å². The van der Waals surface area contributed by atoms with Crippen LogP contribution in [0.3, 0.4) is 0 Å². The molecule has 5 aromatic rings. The maximum absolute atomic E-state index is 3.66. The summed E-state index contributed by atoms with van der Waals surface area (Å²) in [6, 6.07) is 34.3. The fourth-order valence-electron chi connectivity index (χ4n) is 3.76. The van der Waals surface area contributed by atoms with Gasteiger partial charge in [0.05, 0.1) is 11.0 Å². The van der Waals surface area contributed by atoms with E-state index in [0.717, 1.165) is 4.47 Å². The number of benzene rings is 4. The topological polar surface area (TPSA) is 4.93 Å². The lowest BCUT2D eigenvalue weighted by Gasteiger charge is -2.08. The molecule has 0 fully saturated rings. The molecule has 5 rings (SSSR count). The quantitative estimate of drug-likeness (QED) is 0.296. The van der Waals surface area contributed by atoms with Crippen molar-refractivity contribution in [1.29, 1.82) is 0 Å². The second kappa shape index (κ2) is 6.15. The van der Waals surface area contributed by atoms with Crippen LogP contribution in [0.5, 0.6) is 0 Å². The van der Waals surface area contributed by atoms with Gasteiger partial charge in [-0.15, -0.1) is 0 Å². The third-order valence-electron chi connectivity index (χ3n) is 4.85. The normalized spacial score (nSPS) is 11.3. The number of hydrogen-bond acceptors (Lipinski definition) is 0. The van der Waals surface area contributed by atoms with E-state index in [1.165, 1.54) is 38.6 Å². The van der Waals surface area contributed by atoms with Crippen molar-refractivity contribution in [2.45, 2.75) is 0 Å². The summed E-state index contributed by atoms with van der Waals surface area (Å²) in [7, 11) is 0. The van der Waals surface area contributed by atoms with Crippen molar-refractivity contribution in [3.8, 4) is 16.8 Å². The smallest absolute Gasteiger partial charge is 0.0547 e. The molecule has 1 nitrogen and oxygen atoms in total. The van der Waals surface area contributed by atoms with Crippen LogP contribution in [0.4, 0.5) is 0 Å². The third kappa shape index (κ3) is 2.38. The summed E-state index contributed by atoms with van der Waals surface area (Å²) in [5, 5.41) is 2.55. The molecule has 4 aromatic carbocycles. The van der Waals surface area contributed by atoms with Crippen molar-refractivity contribution in [1.82, 2.24) is 4.57 Å². The number of hydrogen-bond donors (Lipinski definition) is 0. The molecule has 124 valence electrons. The maximum atomic E-state index is 3.66. The second-order valence-electron chi connectivity index (χ2n) is 6.40. The van der Waals surface area contributed by atoms with Gasteiger partial charge in [-0.05, 0) is 47.5 Å². The fraction of sp³-hybridized carbons (Fsp3) is 0. The van der Waals surface area contributed by atoms with Crippen LogP contribution in [-0.4, -0.2) is 4.57 Å². The minimum atomic E-state index is 1.10. The lowest BCUT2D eigenvalue weighted by Crippen LogP contribution is -1.92. The third-order valence-corrected chi connectivity index (χ3v) is 5.34. The molecule has 0 saturated heterocycles. The fourth-order valence-corrected chi connectivity index (χ4v) is 4.12. The van der Waals surface area contributed by atoms with Gasteiger partial charge in [-0.25, -0.2) is 0 Å². The van der Waals surface area contributed by atoms with Gasteiger partial charge in [-0.1, -0.05) is 76.6 Å². The first-order valence-electron chi connectivity index (χ1n) is 8.66. The predicted molar refractivity (Wildman–Crippen MR) is 114 cm³/mol. The minimum Gasteiger partial charge on any atom is -0.309 e. The van der Waals surface area contributed by atoms with E-state index in [-0.39, 0.29) is 0 Å². The van der Waals surface area contributed by atoms with Crippen molar-refractivity contribution >= 4 is 37.7 Å². The lowest BCUT2D eigenvalue weighted by atomic mass is 9.99. The minimum absolute atomic E-state index is 1.10. The van der Waals surface area contributed by atoms with E-state index >= 15 is 0 Å². The monoisotopic (exact) mass is 397 g/mol. The molecule has 0 aliphatic carbocycles. The van der Waals surface area contributed by atoms with E-state index in [1.54, 1.807) is 0 Å². The van der Waals surface area contributed by atoms with E-state index in [4.69, 9.17) is 0 Å². The Balaban J connectivity index is 1.97. The molecular formula is C24H16BrN. The summed E-state index contributed by atoms with van der Waals surface area (Å²) < 4.78 is 3.45. The summed E-state index contributed by atoms with van der Waals surface area (Å²) in [4.78, 5) is 0. The van der Waals surface area contributed by atoms with E-state index in [1.807, 2.05) is 0 Å². The number of aromatic nitrogens is 1. The van der Waals surface area contributed by atoms with E-state index in [9.17, 15) is 0 Å². The van der Waals surface area contributed by atoms with Crippen molar-refractivity contribution in [3.63, 3.8) is 0 Å². The summed E-state index contributed by atoms with van der Waals surface area (Å²) in [5.74, 6) is 0. The first-order chi connectivity index (χ1) is 12.8. The van der Waals surface area contributed by atoms with Gasteiger partial charge in [-0.3, -0.25) is 0 Å². The molecule has 0 unspecified atom stereocenters. The van der Waals surface area contributed by atoms with Gasteiger partial charge >= 0.3 is 0 Å². The van der Waals surface area contributed by atoms with Crippen molar-refractivity contribution in [2.75, 3.05) is 0 Å². The molecule has 0 radical (unpaired) electrons. The molecular weight excluding hydrogens is 382 g/mol. The summed E-state index contributed by atoms with van der Waals surface area (Å²) in [6.07, 6.45) is 0. The number of rotatable bonds is 2. The molecule has 2 heteroatoms. The van der Waals surface area contributed by atoms with Crippen LogP contribution in [0, 0.1) is 0 Å². The van der Waals surface area contributed by atoms with Gasteiger partial charge in [-0.2, -0.15) is 0 Å². The van der Waals surface area contributed by atoms with Gasteiger partial charge in [0.2, 0.25) is 0 Å². The summed E-state index contributed by atoms with van der Waals surface area (Å²) in [6.45, 7) is 0. The highest BCUT2D eigenvalue weighted by atomic mass is 79.9. The first kappa shape index (κ1) is 15.4. The maximum Gasteiger partial charge on any atom is 0.0547 e. The molecule has 0 saturated carbocycles. The van der Waals surface area contributed by atoms with Crippen LogP contribution in [-0.2, 0) is 0 Å². The van der Waals surface area contributed by atoms with Crippen LogP contribution in [0.2, 0.25) is 0 Å². The molecule has 26 heavy (non-hydrogen) atoms. The van der Waals surface area contributed by atoms with Crippen molar-refractivity contribution in [3.05, 3.63) is 102 Å². The van der Waals surface area contributed by atoms with Crippen molar-refractivity contribution in [2.24, 2.45) is 0 Å². The number of nitrogens with zero attached hydrogens (tertiary/aromatic N) is 1. The highest BCUT2D eigenvalue weighted by molar-refractivity contribution is 9.10. The summed E-state index contributed by atoms with van der Waals surface area (Å²) >= 11 is 3.66. The zero-order valence-electron chi connectivity index (χ0n) is 14.1. The number of halogens is 1. The van der Waals surface area contributed by atoms with Crippen LogP contribution in [0.25, 0.3) is 38.6 Å². The van der Waals surface area contributed by atoms with E-state index in [2.05, 4.69) is 118 Å². The molecule has 0 bridgehead atoms. The SMILES string of the molecule is Brc1ccc2c(c1)c1c(-c3ccccc3)cccc1n2-c1ccccc1. The zero-order valence-corrected chi connectivity index (χ0v) is 15.6. The summed E-state index contributed by atoms with van der Waals surface area (Å²) in [5.41, 5.74) is 6.13. The molecule has 1 heterocycles. The highest BCUT2D eigenvalue weighted by Crippen LogP contribution is 2.39. The van der Waals surface area contributed by atoms with Crippen LogP contribution in [0.15, 0.2) is 102 Å². The van der Waals surface area contributed by atoms with Gasteiger partial charge in [0.15, 0.2) is 0 Å². The Labute approximate surface area is 160 Å². The molecule has 0 amide bonds. The van der Waals surface area contributed by atoms with Crippen LogP contribution >= 0.6 is 15.9 Å². The van der Waals surface area contributed by atoms with Gasteiger partial charge in [0.25, 0.3) is 0 Å². The largest absolute Gasteiger partial charge is 0.309 e. The standard InChI is InChI=1S/C24H16BrN/c25-18-14-15-22-21(16-18)24-20(17-8-3-1-4-9-17)12-7-13-23(24)26(22)19-10-5-2-6-11-19/h1-16H. The molecule has 0 aliphatic rings. The van der Waals surface area contributed by atoms with Gasteiger partial charge in [0.1, 0.15) is 0 Å². The Kier molecular flexibility index (Phi) is 3.65. The highest BCUT2D eigenvalue weighted by Gasteiger charge is 2.15. The Hall–Kier alpha value is -2.84. The average Bonchev–Trinajstić information content (AvgIpc) is 3.03. The number of fused-ring (bicyclic) bond motifs is 3. The first-order valence-corrected chi connectivity index (χ1v) is 9.46. The lowest BCUT2D eigenvalue weighted by molar-refractivity contribution is 1.18. The van der Waals surface area contributed by atoms with Crippen LogP contribution < -0.4 is 0 Å². The Morgan fingerprint density at radius 2 is 1.35 bits per heavy atom. The van der Waals surface area contributed by atoms with E-state index in [0.29, 0.717) is 0 Å². The Bertz CT molecular complexity index is 1220. The average molecular weight is 398 g/mol. The number of para-hydroxylation sites is 1. The Morgan fingerprint density at radius 3 is 2.12 bits per heavy atom. The van der Waals surface area contributed by atoms with Gasteiger partial charge in [0, 0.05) is 20.9 Å². The zero-order chi connectivity index (χ0) is 17.5. The molecule has 0 atom stereocenters. The van der Waals surface area contributed by atoms with Crippen LogP contribution in [0.1, 0.15) is 0 Å². The van der Waals surface area contributed by atoms with Crippen molar-refractivity contribution < 1.29 is 0 Å². The molecule has 1 aromatic heterocycles. The second-order valence-corrected chi connectivity index (χ2v) is 7.31.